The molecule has 5 heteroatoms. The lowest BCUT2D eigenvalue weighted by Crippen LogP contribution is -2.35. The summed E-state index contributed by atoms with van der Waals surface area (Å²) in [7, 11) is 0. The molecule has 19 heavy (non-hydrogen) atoms. The molecule has 0 spiro atoms. The number of hydrogen-bond donors (Lipinski definition) is 2. The van der Waals surface area contributed by atoms with E-state index in [9.17, 15) is 9.59 Å². The monoisotopic (exact) mass is 276 g/mol. The molecular formula is C14H16N2O2S. The van der Waals surface area contributed by atoms with Crippen LogP contribution in [0.15, 0.2) is 36.9 Å². The van der Waals surface area contributed by atoms with E-state index in [1.807, 2.05) is 11.8 Å². The number of hydrogen-bond acceptors (Lipinski definition) is 3. The molecule has 0 aromatic heterocycles. The number of rotatable bonds is 5. The summed E-state index contributed by atoms with van der Waals surface area (Å²) in [6, 6.07) is 6.80. The Kier molecular flexibility index (Phi) is 4.63. The molecule has 2 N–H and O–H groups in total. The Labute approximate surface area is 116 Å². The number of carbonyl (C=O) groups excluding carboxylic acids is 2. The summed E-state index contributed by atoms with van der Waals surface area (Å²) in [5.74, 6) is 2.54. The van der Waals surface area contributed by atoms with Crippen LogP contribution in [-0.2, 0) is 4.79 Å². The van der Waals surface area contributed by atoms with E-state index >= 15 is 0 Å². The zero-order valence-electron chi connectivity index (χ0n) is 10.5. The van der Waals surface area contributed by atoms with Gasteiger partial charge in [-0.2, -0.15) is 11.8 Å². The maximum Gasteiger partial charge on any atom is 0.251 e. The largest absolute Gasteiger partial charge is 0.352 e. The molecule has 0 bridgehead atoms. The van der Waals surface area contributed by atoms with E-state index in [2.05, 4.69) is 17.2 Å². The third-order valence-corrected chi connectivity index (χ3v) is 4.27. The lowest BCUT2D eigenvalue weighted by Gasteiger charge is -2.24. The molecule has 1 aromatic rings. The number of carbonyl (C=O) groups is 2. The fraction of sp³-hybridized carbons (Fsp3) is 0.286. The average Bonchev–Trinajstić information content (AvgIpc) is 2.37. The first kappa shape index (κ1) is 13.7. The molecule has 1 aliphatic rings. The van der Waals surface area contributed by atoms with Crippen molar-refractivity contribution in [2.45, 2.75) is 0 Å². The predicted molar refractivity (Wildman–Crippen MR) is 78.4 cm³/mol. The normalized spacial score (nSPS) is 14.3. The third kappa shape index (κ3) is 3.86. The van der Waals surface area contributed by atoms with E-state index in [0.29, 0.717) is 17.2 Å². The van der Waals surface area contributed by atoms with Crippen LogP contribution in [-0.4, -0.2) is 29.9 Å². The van der Waals surface area contributed by atoms with Gasteiger partial charge in [0.25, 0.3) is 5.91 Å². The first-order valence-corrected chi connectivity index (χ1v) is 7.24. The maximum absolute atomic E-state index is 11.9. The van der Waals surface area contributed by atoms with Gasteiger partial charge in [0.1, 0.15) is 0 Å². The van der Waals surface area contributed by atoms with Gasteiger partial charge in [0.2, 0.25) is 5.91 Å². The van der Waals surface area contributed by atoms with Crippen molar-refractivity contribution in [2.75, 3.05) is 23.4 Å². The second-order valence-electron chi connectivity index (χ2n) is 4.38. The Morgan fingerprint density at radius 3 is 2.53 bits per heavy atom. The van der Waals surface area contributed by atoms with Crippen LogP contribution in [0.2, 0.25) is 0 Å². The fourth-order valence-corrected chi connectivity index (χ4v) is 2.44. The molecule has 0 unspecified atom stereocenters. The molecule has 2 amide bonds. The van der Waals surface area contributed by atoms with Crippen LogP contribution >= 0.6 is 11.8 Å². The summed E-state index contributed by atoms with van der Waals surface area (Å²) in [6.07, 6.45) is 1.21. The highest BCUT2D eigenvalue weighted by molar-refractivity contribution is 8.00. The van der Waals surface area contributed by atoms with Crippen LogP contribution in [0, 0.1) is 5.92 Å². The zero-order chi connectivity index (χ0) is 13.7. The molecular weight excluding hydrogens is 260 g/mol. The third-order valence-electron chi connectivity index (χ3n) is 2.86. The molecule has 1 saturated heterocycles. The molecule has 1 fully saturated rings. The summed E-state index contributed by atoms with van der Waals surface area (Å²) in [4.78, 5) is 23.0. The lowest BCUT2D eigenvalue weighted by molar-refractivity contribution is -0.111. The first-order valence-electron chi connectivity index (χ1n) is 6.08. The lowest BCUT2D eigenvalue weighted by atomic mass is 10.1. The quantitative estimate of drug-likeness (QED) is 0.808. The second-order valence-corrected chi connectivity index (χ2v) is 5.46. The molecule has 0 saturated carbocycles. The van der Waals surface area contributed by atoms with Gasteiger partial charge in [-0.05, 0) is 47.8 Å². The Balaban J connectivity index is 1.87. The smallest absolute Gasteiger partial charge is 0.251 e. The average molecular weight is 276 g/mol. The number of thioether (sulfide) groups is 1. The van der Waals surface area contributed by atoms with Crippen molar-refractivity contribution in [1.82, 2.24) is 5.32 Å². The van der Waals surface area contributed by atoms with E-state index in [-0.39, 0.29) is 11.8 Å². The van der Waals surface area contributed by atoms with Gasteiger partial charge in [-0.1, -0.05) is 6.58 Å². The maximum atomic E-state index is 11.9. The van der Waals surface area contributed by atoms with Crippen molar-refractivity contribution < 1.29 is 9.59 Å². The van der Waals surface area contributed by atoms with Crippen molar-refractivity contribution in [3.05, 3.63) is 42.5 Å². The van der Waals surface area contributed by atoms with Crippen LogP contribution < -0.4 is 10.6 Å². The molecule has 1 heterocycles. The van der Waals surface area contributed by atoms with Crippen LogP contribution in [0.5, 0.6) is 0 Å². The second kappa shape index (κ2) is 6.43. The standard InChI is InChI=1S/C14H16N2O2S/c1-2-13(17)16-12-5-3-11(4-6-12)14(18)15-7-10-8-19-9-10/h2-6,10H,1,7-9H2,(H,15,18)(H,16,17). The highest BCUT2D eigenvalue weighted by Gasteiger charge is 2.18. The molecule has 2 rings (SSSR count). The van der Waals surface area contributed by atoms with Crippen molar-refractivity contribution in [3.63, 3.8) is 0 Å². The van der Waals surface area contributed by atoms with Crippen molar-refractivity contribution >= 4 is 29.3 Å². The van der Waals surface area contributed by atoms with Gasteiger partial charge in [-0.15, -0.1) is 0 Å². The van der Waals surface area contributed by atoms with Gasteiger partial charge in [-0.25, -0.2) is 0 Å². The summed E-state index contributed by atoms with van der Waals surface area (Å²) >= 11 is 1.90. The molecule has 0 atom stereocenters. The SMILES string of the molecule is C=CC(=O)Nc1ccc(C(=O)NCC2CSC2)cc1. The summed E-state index contributed by atoms with van der Waals surface area (Å²) in [6.45, 7) is 4.12. The van der Waals surface area contributed by atoms with Crippen LogP contribution in [0.3, 0.4) is 0 Å². The molecule has 0 aliphatic carbocycles. The van der Waals surface area contributed by atoms with Gasteiger partial charge in [0, 0.05) is 17.8 Å². The summed E-state index contributed by atoms with van der Waals surface area (Å²) < 4.78 is 0. The topological polar surface area (TPSA) is 58.2 Å². The molecule has 100 valence electrons. The Hall–Kier alpha value is -1.75. The first-order chi connectivity index (χ1) is 9.19. The molecule has 1 aliphatic heterocycles. The summed E-state index contributed by atoms with van der Waals surface area (Å²) in [5.41, 5.74) is 1.25. The predicted octanol–water partition coefficient (Wildman–Crippen LogP) is 1.90. The van der Waals surface area contributed by atoms with E-state index in [1.54, 1.807) is 24.3 Å². The van der Waals surface area contributed by atoms with Crippen LogP contribution in [0.1, 0.15) is 10.4 Å². The number of nitrogens with one attached hydrogen (secondary N) is 2. The number of amides is 2. The van der Waals surface area contributed by atoms with Crippen molar-refractivity contribution in [3.8, 4) is 0 Å². The molecule has 4 nitrogen and oxygen atoms in total. The van der Waals surface area contributed by atoms with E-state index in [1.165, 1.54) is 6.08 Å². The minimum atomic E-state index is -0.264. The number of anilines is 1. The van der Waals surface area contributed by atoms with Gasteiger partial charge in [0.05, 0.1) is 0 Å². The van der Waals surface area contributed by atoms with E-state index in [0.717, 1.165) is 18.1 Å². The van der Waals surface area contributed by atoms with Gasteiger partial charge in [-0.3, -0.25) is 9.59 Å². The minimum Gasteiger partial charge on any atom is -0.352 e. The molecule has 1 aromatic carbocycles. The highest BCUT2D eigenvalue weighted by atomic mass is 32.2. The number of benzene rings is 1. The van der Waals surface area contributed by atoms with Gasteiger partial charge < -0.3 is 10.6 Å². The summed E-state index contributed by atoms with van der Waals surface area (Å²) in [5, 5.41) is 5.55. The minimum absolute atomic E-state index is 0.0708. The van der Waals surface area contributed by atoms with Crippen molar-refractivity contribution in [2.24, 2.45) is 5.92 Å². The van der Waals surface area contributed by atoms with E-state index in [4.69, 9.17) is 0 Å². The van der Waals surface area contributed by atoms with Crippen molar-refractivity contribution in [1.29, 1.82) is 0 Å². The van der Waals surface area contributed by atoms with Crippen LogP contribution in [0.25, 0.3) is 0 Å². The molecule has 0 radical (unpaired) electrons. The van der Waals surface area contributed by atoms with Gasteiger partial charge in [0.15, 0.2) is 0 Å². The zero-order valence-corrected chi connectivity index (χ0v) is 11.3. The Bertz CT molecular complexity index is 481. The van der Waals surface area contributed by atoms with E-state index < -0.39 is 0 Å². The highest BCUT2D eigenvalue weighted by Crippen LogP contribution is 2.23. The fourth-order valence-electron chi connectivity index (χ4n) is 1.64. The Morgan fingerprint density at radius 2 is 2.00 bits per heavy atom. The Morgan fingerprint density at radius 1 is 1.32 bits per heavy atom. The van der Waals surface area contributed by atoms with Gasteiger partial charge >= 0.3 is 0 Å². The van der Waals surface area contributed by atoms with Crippen LogP contribution in [0.4, 0.5) is 5.69 Å².